The average molecular weight is 245 g/mol. The zero-order valence-electron chi connectivity index (χ0n) is 11.3. The van der Waals surface area contributed by atoms with E-state index in [0.717, 1.165) is 23.4 Å². The first-order chi connectivity index (χ1) is 8.35. The minimum absolute atomic E-state index is 0.145. The first-order valence-electron chi connectivity index (χ1n) is 6.04. The van der Waals surface area contributed by atoms with Gasteiger partial charge in [0.2, 0.25) is 0 Å². The highest BCUT2D eigenvalue weighted by Crippen LogP contribution is 2.25. The molecule has 2 N–H and O–H groups in total. The lowest BCUT2D eigenvalue weighted by Gasteiger charge is -2.14. The molecular formula is C14H19N3O. The third kappa shape index (κ3) is 2.88. The van der Waals surface area contributed by atoms with Crippen LogP contribution in [0.25, 0.3) is 11.5 Å². The van der Waals surface area contributed by atoms with Crippen molar-refractivity contribution in [2.45, 2.75) is 34.1 Å². The molecular weight excluding hydrogens is 226 g/mol. The van der Waals surface area contributed by atoms with Gasteiger partial charge in [-0.15, -0.1) is 0 Å². The summed E-state index contributed by atoms with van der Waals surface area (Å²) in [5, 5.41) is 4.02. The van der Waals surface area contributed by atoms with Gasteiger partial charge in [-0.05, 0) is 30.0 Å². The van der Waals surface area contributed by atoms with Gasteiger partial charge in [-0.3, -0.25) is 0 Å². The lowest BCUT2D eigenvalue weighted by molar-refractivity contribution is 0.374. The van der Waals surface area contributed by atoms with Crippen molar-refractivity contribution >= 4 is 5.69 Å². The summed E-state index contributed by atoms with van der Waals surface area (Å²) in [5.74, 6) is 1.28. The van der Waals surface area contributed by atoms with Gasteiger partial charge in [0.15, 0.2) is 5.82 Å². The summed E-state index contributed by atoms with van der Waals surface area (Å²) in [5.41, 5.74) is 8.61. The zero-order chi connectivity index (χ0) is 13.3. The van der Waals surface area contributed by atoms with Gasteiger partial charge in [-0.25, -0.2) is 0 Å². The van der Waals surface area contributed by atoms with Crippen molar-refractivity contribution in [3.8, 4) is 11.5 Å². The van der Waals surface area contributed by atoms with Crippen LogP contribution in [0.4, 0.5) is 5.69 Å². The maximum atomic E-state index is 5.78. The maximum Gasteiger partial charge on any atom is 0.258 e. The Balaban J connectivity index is 2.32. The van der Waals surface area contributed by atoms with Crippen molar-refractivity contribution < 1.29 is 4.52 Å². The van der Waals surface area contributed by atoms with Gasteiger partial charge in [0, 0.05) is 17.7 Å². The van der Waals surface area contributed by atoms with Crippen LogP contribution in [0.2, 0.25) is 0 Å². The molecule has 18 heavy (non-hydrogen) atoms. The zero-order valence-corrected chi connectivity index (χ0v) is 11.3. The number of benzene rings is 1. The van der Waals surface area contributed by atoms with E-state index in [1.807, 2.05) is 25.1 Å². The second-order valence-electron chi connectivity index (χ2n) is 5.83. The van der Waals surface area contributed by atoms with Crippen LogP contribution in [0.1, 0.15) is 32.2 Å². The van der Waals surface area contributed by atoms with E-state index in [1.165, 1.54) is 0 Å². The first kappa shape index (κ1) is 12.6. The topological polar surface area (TPSA) is 64.9 Å². The number of nitrogens with two attached hydrogens (primary N) is 1. The lowest BCUT2D eigenvalue weighted by Crippen LogP contribution is -2.10. The molecule has 1 heterocycles. The van der Waals surface area contributed by atoms with Crippen molar-refractivity contribution in [1.29, 1.82) is 0 Å². The van der Waals surface area contributed by atoms with Crippen molar-refractivity contribution in [2.24, 2.45) is 5.41 Å². The summed E-state index contributed by atoms with van der Waals surface area (Å²) in [4.78, 5) is 4.43. The van der Waals surface area contributed by atoms with E-state index in [4.69, 9.17) is 10.3 Å². The molecule has 0 fully saturated rings. The SMILES string of the molecule is Cc1ccc(N)cc1-c1nc(CC(C)(C)C)no1. The summed E-state index contributed by atoms with van der Waals surface area (Å²) >= 11 is 0. The number of hydrogen-bond acceptors (Lipinski definition) is 4. The maximum absolute atomic E-state index is 5.78. The van der Waals surface area contributed by atoms with Gasteiger partial charge < -0.3 is 10.3 Å². The second-order valence-corrected chi connectivity index (χ2v) is 5.83. The van der Waals surface area contributed by atoms with Crippen LogP contribution in [0.5, 0.6) is 0 Å². The fraction of sp³-hybridized carbons (Fsp3) is 0.429. The van der Waals surface area contributed by atoms with Gasteiger partial charge in [0.25, 0.3) is 5.89 Å². The van der Waals surface area contributed by atoms with Gasteiger partial charge >= 0.3 is 0 Å². The molecule has 0 radical (unpaired) electrons. The average Bonchev–Trinajstić information content (AvgIpc) is 2.67. The second kappa shape index (κ2) is 4.44. The Bertz CT molecular complexity index is 552. The number of anilines is 1. The van der Waals surface area contributed by atoms with E-state index in [1.54, 1.807) is 0 Å². The van der Waals surface area contributed by atoms with Gasteiger partial charge in [0.1, 0.15) is 0 Å². The van der Waals surface area contributed by atoms with E-state index >= 15 is 0 Å². The highest BCUT2D eigenvalue weighted by molar-refractivity contribution is 5.63. The number of nitrogen functional groups attached to an aromatic ring is 1. The molecule has 0 amide bonds. The Morgan fingerprint density at radius 2 is 2.00 bits per heavy atom. The third-order valence-corrected chi connectivity index (χ3v) is 2.65. The molecule has 2 rings (SSSR count). The lowest BCUT2D eigenvalue weighted by atomic mass is 9.92. The molecule has 0 aliphatic heterocycles. The van der Waals surface area contributed by atoms with Crippen LogP contribution in [0.15, 0.2) is 22.7 Å². The summed E-state index contributed by atoms with van der Waals surface area (Å²) in [7, 11) is 0. The van der Waals surface area contributed by atoms with Gasteiger partial charge in [-0.2, -0.15) is 4.98 Å². The van der Waals surface area contributed by atoms with Crippen LogP contribution < -0.4 is 5.73 Å². The van der Waals surface area contributed by atoms with E-state index in [0.29, 0.717) is 11.6 Å². The largest absolute Gasteiger partial charge is 0.399 e. The highest BCUT2D eigenvalue weighted by Gasteiger charge is 2.17. The number of hydrogen-bond donors (Lipinski definition) is 1. The normalized spacial score (nSPS) is 11.8. The van der Waals surface area contributed by atoms with Crippen molar-refractivity contribution in [3.05, 3.63) is 29.6 Å². The molecule has 0 unspecified atom stereocenters. The summed E-state index contributed by atoms with van der Waals surface area (Å²) in [6, 6.07) is 5.69. The Hall–Kier alpha value is -1.84. The molecule has 0 saturated carbocycles. The standard InChI is InChI=1S/C14H19N3O/c1-9-5-6-10(15)7-11(9)13-16-12(17-18-13)8-14(2,3)4/h5-7H,8,15H2,1-4H3. The van der Waals surface area contributed by atoms with Crippen LogP contribution >= 0.6 is 0 Å². The Morgan fingerprint density at radius 3 is 2.67 bits per heavy atom. The minimum atomic E-state index is 0.145. The molecule has 4 nitrogen and oxygen atoms in total. The van der Waals surface area contributed by atoms with Crippen LogP contribution in [-0.4, -0.2) is 10.1 Å². The van der Waals surface area contributed by atoms with E-state index in [-0.39, 0.29) is 5.41 Å². The predicted octanol–water partition coefficient (Wildman–Crippen LogP) is 3.22. The molecule has 1 aromatic carbocycles. The number of nitrogens with zero attached hydrogens (tertiary/aromatic N) is 2. The van der Waals surface area contributed by atoms with Crippen LogP contribution in [0.3, 0.4) is 0 Å². The van der Waals surface area contributed by atoms with Gasteiger partial charge in [-0.1, -0.05) is 32.0 Å². The van der Waals surface area contributed by atoms with E-state index < -0.39 is 0 Å². The number of rotatable bonds is 2. The van der Waals surface area contributed by atoms with E-state index in [2.05, 4.69) is 30.9 Å². The molecule has 0 aliphatic rings. The van der Waals surface area contributed by atoms with Crippen molar-refractivity contribution in [1.82, 2.24) is 10.1 Å². The molecule has 0 atom stereocenters. The van der Waals surface area contributed by atoms with Crippen molar-refractivity contribution in [3.63, 3.8) is 0 Å². The van der Waals surface area contributed by atoms with Crippen molar-refractivity contribution in [2.75, 3.05) is 5.73 Å². The number of aryl methyl sites for hydroxylation is 1. The summed E-state index contributed by atoms with van der Waals surface area (Å²) in [6.07, 6.45) is 0.790. The Morgan fingerprint density at radius 1 is 1.28 bits per heavy atom. The van der Waals surface area contributed by atoms with Crippen LogP contribution in [-0.2, 0) is 6.42 Å². The van der Waals surface area contributed by atoms with Crippen LogP contribution in [0, 0.1) is 12.3 Å². The third-order valence-electron chi connectivity index (χ3n) is 2.65. The minimum Gasteiger partial charge on any atom is -0.399 e. The van der Waals surface area contributed by atoms with Gasteiger partial charge in [0.05, 0.1) is 0 Å². The smallest absolute Gasteiger partial charge is 0.258 e. The Labute approximate surface area is 107 Å². The molecule has 0 spiro atoms. The molecule has 0 aliphatic carbocycles. The van der Waals surface area contributed by atoms with E-state index in [9.17, 15) is 0 Å². The summed E-state index contributed by atoms with van der Waals surface area (Å²) < 4.78 is 5.32. The molecule has 2 aromatic rings. The molecule has 0 bridgehead atoms. The molecule has 0 saturated heterocycles. The molecule has 96 valence electrons. The number of aromatic nitrogens is 2. The quantitative estimate of drug-likeness (QED) is 0.825. The Kier molecular flexibility index (Phi) is 3.11. The fourth-order valence-corrected chi connectivity index (χ4v) is 1.78. The molecule has 4 heteroatoms. The monoisotopic (exact) mass is 245 g/mol. The molecule has 1 aromatic heterocycles. The highest BCUT2D eigenvalue weighted by atomic mass is 16.5. The fourth-order valence-electron chi connectivity index (χ4n) is 1.78. The predicted molar refractivity (Wildman–Crippen MR) is 72.0 cm³/mol. The summed E-state index contributed by atoms with van der Waals surface area (Å²) in [6.45, 7) is 8.45. The first-order valence-corrected chi connectivity index (χ1v) is 6.04.